The van der Waals surface area contributed by atoms with Crippen LogP contribution in [0.5, 0.6) is 0 Å². The minimum atomic E-state index is 0.158. The van der Waals surface area contributed by atoms with Crippen LogP contribution in [-0.4, -0.2) is 11.5 Å². The fourth-order valence-corrected chi connectivity index (χ4v) is 3.55. The monoisotopic (exact) mass is 356 g/mol. The maximum Gasteiger partial charge on any atom is 0.173 e. The van der Waals surface area contributed by atoms with Gasteiger partial charge in [0, 0.05) is 14.9 Å². The Morgan fingerprint density at radius 3 is 2.52 bits per heavy atom. The Morgan fingerprint density at radius 2 is 1.71 bits per heavy atom. The second kappa shape index (κ2) is 6.46. The average Bonchev–Trinajstić information content (AvgIpc) is 2.52. The lowest BCUT2D eigenvalue weighted by atomic mass is 10.1. The summed E-state index contributed by atoms with van der Waals surface area (Å²) in [5.74, 6) is 0.611. The molecule has 0 radical (unpaired) electrons. The first-order chi connectivity index (χ1) is 10.2. The van der Waals surface area contributed by atoms with Gasteiger partial charge in [-0.3, -0.25) is 4.79 Å². The number of fused-ring (bicyclic) bond motifs is 1. The lowest BCUT2D eigenvalue weighted by Crippen LogP contribution is -2.02. The Morgan fingerprint density at radius 1 is 0.905 bits per heavy atom. The van der Waals surface area contributed by atoms with Gasteiger partial charge in [0.15, 0.2) is 5.78 Å². The van der Waals surface area contributed by atoms with E-state index in [1.807, 2.05) is 60.7 Å². The van der Waals surface area contributed by atoms with Gasteiger partial charge in [0.2, 0.25) is 0 Å². The number of thioether (sulfide) groups is 1. The smallest absolute Gasteiger partial charge is 0.173 e. The summed E-state index contributed by atoms with van der Waals surface area (Å²) in [6.45, 7) is 0. The highest BCUT2D eigenvalue weighted by Gasteiger charge is 2.07. The molecule has 0 aliphatic carbocycles. The molecule has 3 rings (SSSR count). The van der Waals surface area contributed by atoms with Crippen LogP contribution in [0.3, 0.4) is 0 Å². The summed E-state index contributed by atoms with van der Waals surface area (Å²) in [5, 5.41) is 2.27. The molecule has 0 saturated heterocycles. The van der Waals surface area contributed by atoms with Crippen LogP contribution < -0.4 is 0 Å². The third-order valence-electron chi connectivity index (χ3n) is 3.24. The Labute approximate surface area is 136 Å². The summed E-state index contributed by atoms with van der Waals surface area (Å²) < 4.78 is 1.03. The largest absolute Gasteiger partial charge is 0.293 e. The van der Waals surface area contributed by atoms with Gasteiger partial charge in [0.25, 0.3) is 0 Å². The molecule has 0 bridgehead atoms. The maximum absolute atomic E-state index is 12.3. The lowest BCUT2D eigenvalue weighted by molar-refractivity contribution is 0.102. The van der Waals surface area contributed by atoms with Crippen molar-refractivity contribution in [3.05, 3.63) is 76.8 Å². The predicted octanol–water partition coefficient (Wildman–Crippen LogP) is 5.58. The summed E-state index contributed by atoms with van der Waals surface area (Å²) in [6.07, 6.45) is 0. The number of Topliss-reactive ketones (excluding diaryl/α,β-unsaturated/α-hetero) is 1. The number of benzene rings is 3. The van der Waals surface area contributed by atoms with Crippen molar-refractivity contribution in [1.29, 1.82) is 0 Å². The molecular weight excluding hydrogens is 344 g/mol. The van der Waals surface area contributed by atoms with Gasteiger partial charge in [-0.2, -0.15) is 0 Å². The highest BCUT2D eigenvalue weighted by molar-refractivity contribution is 9.10. The summed E-state index contributed by atoms with van der Waals surface area (Å²) in [7, 11) is 0. The highest BCUT2D eigenvalue weighted by atomic mass is 79.9. The SMILES string of the molecule is O=C(CSc1cccc(Br)c1)c1ccc2ccccc2c1. The van der Waals surface area contributed by atoms with Crippen molar-refractivity contribution in [2.45, 2.75) is 4.90 Å². The van der Waals surface area contributed by atoms with Crippen molar-refractivity contribution in [2.24, 2.45) is 0 Å². The second-order valence-electron chi connectivity index (χ2n) is 4.73. The van der Waals surface area contributed by atoms with Crippen molar-refractivity contribution in [1.82, 2.24) is 0 Å². The maximum atomic E-state index is 12.3. The molecule has 0 heterocycles. The number of halogens is 1. The number of rotatable bonds is 4. The number of hydrogen-bond acceptors (Lipinski definition) is 2. The number of carbonyl (C=O) groups is 1. The molecule has 1 nitrogen and oxygen atoms in total. The summed E-state index contributed by atoms with van der Waals surface area (Å²) in [6, 6.07) is 22.0. The van der Waals surface area contributed by atoms with Crippen LogP contribution >= 0.6 is 27.7 Å². The van der Waals surface area contributed by atoms with E-state index < -0.39 is 0 Å². The number of carbonyl (C=O) groups excluding carboxylic acids is 1. The van der Waals surface area contributed by atoms with Gasteiger partial charge < -0.3 is 0 Å². The quantitative estimate of drug-likeness (QED) is 0.448. The molecule has 0 amide bonds. The molecule has 0 unspecified atom stereocenters. The fraction of sp³-hybridized carbons (Fsp3) is 0.0556. The predicted molar refractivity (Wildman–Crippen MR) is 93.1 cm³/mol. The van der Waals surface area contributed by atoms with Gasteiger partial charge in [-0.25, -0.2) is 0 Å². The van der Waals surface area contributed by atoms with E-state index in [9.17, 15) is 4.79 Å². The van der Waals surface area contributed by atoms with Crippen molar-refractivity contribution >= 4 is 44.2 Å². The fourth-order valence-electron chi connectivity index (χ4n) is 2.15. The molecule has 0 fully saturated rings. The molecule has 3 heteroatoms. The van der Waals surface area contributed by atoms with E-state index in [1.165, 1.54) is 0 Å². The van der Waals surface area contributed by atoms with E-state index in [2.05, 4.69) is 22.0 Å². The zero-order chi connectivity index (χ0) is 14.7. The van der Waals surface area contributed by atoms with E-state index in [-0.39, 0.29) is 5.78 Å². The minimum absolute atomic E-state index is 0.158. The third kappa shape index (κ3) is 3.55. The van der Waals surface area contributed by atoms with Gasteiger partial charge in [-0.15, -0.1) is 11.8 Å². The van der Waals surface area contributed by atoms with E-state index >= 15 is 0 Å². The Hall–Kier alpha value is -1.58. The minimum Gasteiger partial charge on any atom is -0.293 e. The first kappa shape index (κ1) is 14.4. The highest BCUT2D eigenvalue weighted by Crippen LogP contribution is 2.23. The van der Waals surface area contributed by atoms with Gasteiger partial charge in [-0.05, 0) is 35.0 Å². The first-order valence-corrected chi connectivity index (χ1v) is 8.40. The summed E-state index contributed by atoms with van der Waals surface area (Å²) >= 11 is 5.01. The Bertz CT molecular complexity index is 798. The van der Waals surface area contributed by atoms with Crippen LogP contribution in [0.1, 0.15) is 10.4 Å². The van der Waals surface area contributed by atoms with Crippen LogP contribution in [-0.2, 0) is 0 Å². The number of hydrogen-bond donors (Lipinski definition) is 0. The molecule has 0 aliphatic rings. The average molecular weight is 357 g/mol. The summed E-state index contributed by atoms with van der Waals surface area (Å²) in [5.41, 5.74) is 0.774. The van der Waals surface area contributed by atoms with Crippen LogP contribution in [0.15, 0.2) is 76.1 Å². The summed E-state index contributed by atoms with van der Waals surface area (Å²) in [4.78, 5) is 13.4. The molecule has 3 aromatic carbocycles. The molecule has 104 valence electrons. The van der Waals surface area contributed by atoms with Gasteiger partial charge in [0.1, 0.15) is 0 Å². The zero-order valence-electron chi connectivity index (χ0n) is 11.3. The van der Waals surface area contributed by atoms with Gasteiger partial charge >= 0.3 is 0 Å². The molecule has 0 spiro atoms. The molecular formula is C18H13BrOS. The van der Waals surface area contributed by atoms with Crippen molar-refractivity contribution in [2.75, 3.05) is 5.75 Å². The number of ketones is 1. The normalized spacial score (nSPS) is 10.7. The van der Waals surface area contributed by atoms with Gasteiger partial charge in [0.05, 0.1) is 5.75 Å². The molecule has 3 aromatic rings. The lowest BCUT2D eigenvalue weighted by Gasteiger charge is -2.04. The van der Waals surface area contributed by atoms with E-state index in [1.54, 1.807) is 11.8 Å². The molecule has 0 saturated carbocycles. The Balaban J connectivity index is 1.74. The molecule has 21 heavy (non-hydrogen) atoms. The molecule has 0 atom stereocenters. The molecule has 0 N–H and O–H groups in total. The van der Waals surface area contributed by atoms with Crippen molar-refractivity contribution in [3.8, 4) is 0 Å². The van der Waals surface area contributed by atoms with Gasteiger partial charge in [-0.1, -0.05) is 58.4 Å². The van der Waals surface area contributed by atoms with E-state index in [0.29, 0.717) is 5.75 Å². The molecule has 0 aliphatic heterocycles. The van der Waals surface area contributed by atoms with E-state index in [4.69, 9.17) is 0 Å². The van der Waals surface area contributed by atoms with E-state index in [0.717, 1.165) is 25.7 Å². The molecule has 0 aromatic heterocycles. The topological polar surface area (TPSA) is 17.1 Å². The third-order valence-corrected chi connectivity index (χ3v) is 4.72. The standard InChI is InChI=1S/C18H13BrOS/c19-16-6-3-7-17(11-16)21-12-18(20)15-9-8-13-4-1-2-5-14(13)10-15/h1-11H,12H2. The van der Waals surface area contributed by atoms with Crippen LogP contribution in [0.4, 0.5) is 0 Å². The second-order valence-corrected chi connectivity index (χ2v) is 6.70. The Kier molecular flexibility index (Phi) is 4.42. The zero-order valence-corrected chi connectivity index (χ0v) is 13.7. The van der Waals surface area contributed by atoms with Crippen LogP contribution in [0.25, 0.3) is 10.8 Å². The van der Waals surface area contributed by atoms with Crippen LogP contribution in [0, 0.1) is 0 Å². The first-order valence-electron chi connectivity index (χ1n) is 6.63. The van der Waals surface area contributed by atoms with Crippen molar-refractivity contribution in [3.63, 3.8) is 0 Å². The van der Waals surface area contributed by atoms with Crippen molar-refractivity contribution < 1.29 is 4.79 Å². The van der Waals surface area contributed by atoms with Crippen LogP contribution in [0.2, 0.25) is 0 Å².